The summed E-state index contributed by atoms with van der Waals surface area (Å²) in [5, 5.41) is 2.43. The highest BCUT2D eigenvalue weighted by Crippen LogP contribution is 2.34. The third-order valence-electron chi connectivity index (χ3n) is 6.24. The van der Waals surface area contributed by atoms with Crippen molar-refractivity contribution in [3.05, 3.63) is 83.2 Å². The first-order valence-corrected chi connectivity index (χ1v) is 13.0. The fourth-order valence-corrected chi connectivity index (χ4v) is 6.81. The van der Waals surface area contributed by atoms with Crippen molar-refractivity contribution in [2.45, 2.75) is 36.0 Å². The van der Waals surface area contributed by atoms with Crippen molar-refractivity contribution in [2.24, 2.45) is 7.05 Å². The zero-order valence-corrected chi connectivity index (χ0v) is 20.9. The molecule has 2 atom stereocenters. The minimum atomic E-state index is -0.246. The lowest BCUT2D eigenvalue weighted by Gasteiger charge is -2.27. The van der Waals surface area contributed by atoms with E-state index in [9.17, 15) is 9.18 Å². The molecule has 0 spiro atoms. The standard InChI is InChI=1S/C26H27FN4OS2/c1-29-12-11-28-26(29)34-22-14-23(31(17-22)15-18-7-9-20(27)10-8-18)25(32)30(2)16-21-13-19-5-3-4-6-24(19)33-21/h3-13,22-23H,14-17H2,1-2H3/t22-,23+/m1/s1. The van der Waals surface area contributed by atoms with Crippen LogP contribution in [0.4, 0.5) is 4.39 Å². The van der Waals surface area contributed by atoms with Crippen LogP contribution in [0, 0.1) is 5.82 Å². The number of thioether (sulfide) groups is 1. The molecule has 176 valence electrons. The van der Waals surface area contributed by atoms with E-state index in [2.05, 4.69) is 28.1 Å². The van der Waals surface area contributed by atoms with Crippen molar-refractivity contribution < 1.29 is 9.18 Å². The van der Waals surface area contributed by atoms with Crippen LogP contribution in [0.2, 0.25) is 0 Å². The van der Waals surface area contributed by atoms with E-state index in [1.165, 1.54) is 27.1 Å². The Morgan fingerprint density at radius 3 is 2.76 bits per heavy atom. The molecule has 34 heavy (non-hydrogen) atoms. The zero-order chi connectivity index (χ0) is 23.7. The number of aryl methyl sites for hydroxylation is 1. The maximum atomic E-state index is 13.6. The molecule has 4 aromatic rings. The molecule has 0 unspecified atom stereocenters. The first-order valence-electron chi connectivity index (χ1n) is 11.3. The first-order chi connectivity index (χ1) is 16.5. The number of aromatic nitrogens is 2. The van der Waals surface area contributed by atoms with Gasteiger partial charge >= 0.3 is 0 Å². The second-order valence-electron chi connectivity index (χ2n) is 8.81. The maximum Gasteiger partial charge on any atom is 0.240 e. The van der Waals surface area contributed by atoms with Crippen LogP contribution in [0.15, 0.2) is 72.1 Å². The van der Waals surface area contributed by atoms with E-state index < -0.39 is 0 Å². The summed E-state index contributed by atoms with van der Waals surface area (Å²) in [5.74, 6) is -0.119. The molecule has 0 aliphatic carbocycles. The number of hydrogen-bond donors (Lipinski definition) is 0. The molecule has 0 saturated carbocycles. The van der Waals surface area contributed by atoms with E-state index in [1.807, 2.05) is 41.9 Å². The number of benzene rings is 2. The number of fused-ring (bicyclic) bond motifs is 1. The predicted octanol–water partition coefficient (Wildman–Crippen LogP) is 5.17. The Kier molecular flexibility index (Phi) is 6.72. The number of imidazole rings is 1. The normalized spacial score (nSPS) is 18.6. The van der Waals surface area contributed by atoms with E-state index in [1.54, 1.807) is 41.4 Å². The molecule has 1 aliphatic heterocycles. The monoisotopic (exact) mass is 494 g/mol. The van der Waals surface area contributed by atoms with E-state index in [4.69, 9.17) is 0 Å². The lowest BCUT2D eigenvalue weighted by molar-refractivity contribution is -0.135. The number of likely N-dealkylation sites (N-methyl/N-ethyl adjacent to an activating group) is 1. The van der Waals surface area contributed by atoms with Gasteiger partial charge in [-0.15, -0.1) is 11.3 Å². The highest BCUT2D eigenvalue weighted by atomic mass is 32.2. The maximum absolute atomic E-state index is 13.6. The van der Waals surface area contributed by atoms with Crippen molar-refractivity contribution >= 4 is 39.1 Å². The molecule has 2 aromatic carbocycles. The second kappa shape index (κ2) is 9.90. The lowest BCUT2D eigenvalue weighted by atomic mass is 10.1. The van der Waals surface area contributed by atoms with Gasteiger partial charge in [-0.1, -0.05) is 42.1 Å². The number of rotatable bonds is 7. The van der Waals surface area contributed by atoms with Crippen LogP contribution in [0.1, 0.15) is 16.9 Å². The summed E-state index contributed by atoms with van der Waals surface area (Å²) in [6, 6.07) is 16.8. The zero-order valence-electron chi connectivity index (χ0n) is 19.2. The molecule has 1 fully saturated rings. The van der Waals surface area contributed by atoms with Crippen LogP contribution in [0.3, 0.4) is 0 Å². The summed E-state index contributed by atoms with van der Waals surface area (Å²) < 4.78 is 16.7. The van der Waals surface area contributed by atoms with E-state index in [-0.39, 0.29) is 23.0 Å². The van der Waals surface area contributed by atoms with Gasteiger partial charge in [0, 0.05) is 54.4 Å². The molecule has 1 amide bonds. The average Bonchev–Trinajstić information content (AvgIpc) is 3.53. The number of nitrogens with zero attached hydrogens (tertiary/aromatic N) is 4. The summed E-state index contributed by atoms with van der Waals surface area (Å²) in [6.45, 7) is 1.99. The Hall–Kier alpha value is -2.68. The van der Waals surface area contributed by atoms with Crippen molar-refractivity contribution in [1.29, 1.82) is 0 Å². The molecule has 2 aromatic heterocycles. The molecule has 0 radical (unpaired) electrons. The molecule has 5 nitrogen and oxygen atoms in total. The van der Waals surface area contributed by atoms with Crippen LogP contribution < -0.4 is 0 Å². The van der Waals surface area contributed by atoms with Crippen molar-refractivity contribution in [1.82, 2.24) is 19.4 Å². The van der Waals surface area contributed by atoms with Gasteiger partial charge in [-0.2, -0.15) is 0 Å². The summed E-state index contributed by atoms with van der Waals surface area (Å²) >= 11 is 3.46. The van der Waals surface area contributed by atoms with Gasteiger partial charge in [0.2, 0.25) is 5.91 Å². The van der Waals surface area contributed by atoms with Gasteiger partial charge in [0.25, 0.3) is 0 Å². The predicted molar refractivity (Wildman–Crippen MR) is 136 cm³/mol. The molecular weight excluding hydrogens is 467 g/mol. The quantitative estimate of drug-likeness (QED) is 0.356. The highest BCUT2D eigenvalue weighted by molar-refractivity contribution is 7.99. The Balaban J connectivity index is 1.33. The van der Waals surface area contributed by atoms with Gasteiger partial charge in [0.15, 0.2) is 5.16 Å². The van der Waals surface area contributed by atoms with E-state index in [0.29, 0.717) is 13.1 Å². The number of carbonyl (C=O) groups is 1. The molecule has 8 heteroatoms. The van der Waals surface area contributed by atoms with Crippen molar-refractivity contribution in [3.8, 4) is 0 Å². The smallest absolute Gasteiger partial charge is 0.240 e. The Labute approximate surface area is 207 Å². The molecule has 0 N–H and O–H groups in total. The number of likely N-dealkylation sites (tertiary alicyclic amines) is 1. The van der Waals surface area contributed by atoms with Crippen LogP contribution >= 0.6 is 23.1 Å². The Bertz CT molecular complexity index is 1250. The van der Waals surface area contributed by atoms with E-state index in [0.717, 1.165) is 23.7 Å². The van der Waals surface area contributed by atoms with Crippen LogP contribution in [0.5, 0.6) is 0 Å². The summed E-state index contributed by atoms with van der Waals surface area (Å²) in [5.41, 5.74) is 1.01. The minimum Gasteiger partial charge on any atom is -0.339 e. The van der Waals surface area contributed by atoms with Crippen LogP contribution in [-0.2, 0) is 24.9 Å². The fourth-order valence-electron chi connectivity index (χ4n) is 4.50. The average molecular weight is 495 g/mol. The third kappa shape index (κ3) is 5.04. The van der Waals surface area contributed by atoms with Crippen LogP contribution in [0.25, 0.3) is 10.1 Å². The van der Waals surface area contributed by atoms with Gasteiger partial charge in [0.1, 0.15) is 5.82 Å². The molecule has 0 bridgehead atoms. The van der Waals surface area contributed by atoms with Gasteiger partial charge in [0.05, 0.1) is 12.6 Å². The largest absolute Gasteiger partial charge is 0.339 e. The third-order valence-corrected chi connectivity index (χ3v) is 8.62. The molecule has 1 saturated heterocycles. The SMILES string of the molecule is CN(Cc1cc2ccccc2s1)C(=O)[C@@H]1C[C@@H](Sc2nccn2C)CN1Cc1ccc(F)cc1. The number of carbonyl (C=O) groups excluding carboxylic acids is 1. The fraction of sp³-hybridized carbons (Fsp3) is 0.308. The molecular formula is C26H27FN4OS2. The minimum absolute atomic E-state index is 0.127. The topological polar surface area (TPSA) is 41.4 Å². The van der Waals surface area contributed by atoms with Crippen molar-refractivity contribution in [2.75, 3.05) is 13.6 Å². The van der Waals surface area contributed by atoms with Crippen molar-refractivity contribution in [3.63, 3.8) is 0 Å². The Morgan fingerprint density at radius 2 is 2.03 bits per heavy atom. The lowest BCUT2D eigenvalue weighted by Crippen LogP contribution is -2.43. The number of amides is 1. The van der Waals surface area contributed by atoms with Gasteiger partial charge in [-0.25, -0.2) is 9.37 Å². The number of hydrogen-bond acceptors (Lipinski definition) is 5. The first kappa shape index (κ1) is 23.1. The molecule has 5 rings (SSSR count). The van der Waals surface area contributed by atoms with Gasteiger partial charge in [-0.3, -0.25) is 9.69 Å². The number of thiophene rings is 1. The summed E-state index contributed by atoms with van der Waals surface area (Å²) in [7, 11) is 3.88. The summed E-state index contributed by atoms with van der Waals surface area (Å²) in [6.07, 6.45) is 4.50. The van der Waals surface area contributed by atoms with Gasteiger partial charge < -0.3 is 9.47 Å². The number of halogens is 1. The molecule has 1 aliphatic rings. The summed E-state index contributed by atoms with van der Waals surface area (Å²) in [4.78, 5) is 23.3. The Morgan fingerprint density at radius 1 is 1.24 bits per heavy atom. The van der Waals surface area contributed by atoms with Crippen LogP contribution in [-0.4, -0.2) is 50.1 Å². The van der Waals surface area contributed by atoms with Gasteiger partial charge in [-0.05, 0) is 41.6 Å². The second-order valence-corrected chi connectivity index (χ2v) is 11.2. The molecule has 3 heterocycles. The highest BCUT2D eigenvalue weighted by Gasteiger charge is 2.39. The van der Waals surface area contributed by atoms with E-state index >= 15 is 0 Å².